The van der Waals surface area contributed by atoms with Crippen LogP contribution in [0, 0.1) is 0 Å². The Balaban J connectivity index is 0. The van der Waals surface area contributed by atoms with Crippen LogP contribution >= 0.6 is 0 Å². The lowest BCUT2D eigenvalue weighted by Crippen LogP contribution is -2.31. The fraction of sp³-hybridized carbons (Fsp3) is 0.583. The molecule has 1 atom stereocenters. The summed E-state index contributed by atoms with van der Waals surface area (Å²) in [5.41, 5.74) is -0.494. The molecule has 3 N–H and O–H groups in total. The highest BCUT2D eigenvalue weighted by Gasteiger charge is 2.22. The van der Waals surface area contributed by atoms with E-state index in [0.717, 1.165) is 0 Å². The van der Waals surface area contributed by atoms with Crippen LogP contribution in [-0.2, 0) is 28.9 Å². The van der Waals surface area contributed by atoms with Crippen molar-refractivity contribution in [3.05, 3.63) is 12.2 Å². The number of esters is 1. The Morgan fingerprint density at radius 2 is 1.61 bits per heavy atom. The van der Waals surface area contributed by atoms with Gasteiger partial charge in [-0.15, -0.1) is 0 Å². The first-order valence-corrected chi connectivity index (χ1v) is 6.00. The number of hydrogen-bond donors (Lipinski definition) is 3. The standard InChI is InChI=1S/C11H18O7.CH2O4/c1-7(2)9(12)16-8(6-15-10(13)14)17-18-11(3,4)5;2-1(3)5-4/h8H,1,6H2,2-5H3,(H,13,14);4H,(H,2,3). The van der Waals surface area contributed by atoms with E-state index in [0.29, 0.717) is 0 Å². The molecule has 0 aliphatic carbocycles. The molecule has 0 heterocycles. The maximum atomic E-state index is 11.3. The maximum absolute atomic E-state index is 11.3. The van der Waals surface area contributed by atoms with E-state index < -0.39 is 36.8 Å². The largest absolute Gasteiger partial charge is 0.537 e. The van der Waals surface area contributed by atoms with Gasteiger partial charge in [0.05, 0.1) is 5.60 Å². The van der Waals surface area contributed by atoms with E-state index in [1.807, 2.05) is 0 Å². The fourth-order valence-corrected chi connectivity index (χ4v) is 0.639. The van der Waals surface area contributed by atoms with E-state index in [4.69, 9.17) is 34.8 Å². The molecule has 0 amide bonds. The number of rotatable bonds is 6. The summed E-state index contributed by atoms with van der Waals surface area (Å²) in [5.74, 6) is -0.730. The van der Waals surface area contributed by atoms with Crippen molar-refractivity contribution in [2.24, 2.45) is 0 Å². The van der Waals surface area contributed by atoms with Crippen LogP contribution in [0.5, 0.6) is 0 Å². The summed E-state index contributed by atoms with van der Waals surface area (Å²) >= 11 is 0. The third-order valence-corrected chi connectivity index (χ3v) is 1.41. The van der Waals surface area contributed by atoms with Crippen molar-refractivity contribution < 1.29 is 54.0 Å². The molecule has 0 rings (SSSR count). The lowest BCUT2D eigenvalue weighted by atomic mass is 10.2. The van der Waals surface area contributed by atoms with Crippen molar-refractivity contribution >= 4 is 18.3 Å². The van der Waals surface area contributed by atoms with E-state index in [2.05, 4.69) is 16.2 Å². The Morgan fingerprint density at radius 1 is 1.13 bits per heavy atom. The predicted octanol–water partition coefficient (Wildman–Crippen LogP) is 2.03. The first-order chi connectivity index (χ1) is 10.4. The molecule has 0 bridgehead atoms. The van der Waals surface area contributed by atoms with Crippen LogP contribution in [0.2, 0.25) is 0 Å². The number of carboxylic acid groups (broad SMARTS) is 2. The molecule has 134 valence electrons. The Kier molecular flexibility index (Phi) is 11.2. The van der Waals surface area contributed by atoms with Crippen molar-refractivity contribution in [3.8, 4) is 0 Å². The van der Waals surface area contributed by atoms with Gasteiger partial charge < -0.3 is 19.7 Å². The molecule has 11 heteroatoms. The van der Waals surface area contributed by atoms with Gasteiger partial charge in [0, 0.05) is 5.57 Å². The highest BCUT2D eigenvalue weighted by atomic mass is 17.2. The van der Waals surface area contributed by atoms with Gasteiger partial charge in [0.25, 0.3) is 6.29 Å². The maximum Gasteiger partial charge on any atom is 0.537 e. The second-order valence-electron chi connectivity index (χ2n) is 4.84. The zero-order valence-electron chi connectivity index (χ0n) is 13.1. The first-order valence-electron chi connectivity index (χ1n) is 6.00. The zero-order valence-corrected chi connectivity index (χ0v) is 13.1. The fourth-order valence-electron chi connectivity index (χ4n) is 0.639. The molecule has 1 unspecified atom stereocenters. The predicted molar refractivity (Wildman–Crippen MR) is 72.3 cm³/mol. The van der Waals surface area contributed by atoms with Crippen LogP contribution in [0.4, 0.5) is 9.59 Å². The van der Waals surface area contributed by atoms with Crippen molar-refractivity contribution in [3.63, 3.8) is 0 Å². The SMILES string of the molecule is C=C(C)C(=O)OC(COC(=O)O)OOC(C)(C)C.O=C(O)OO. The molecule has 0 spiro atoms. The smallest absolute Gasteiger partial charge is 0.450 e. The van der Waals surface area contributed by atoms with E-state index in [9.17, 15) is 9.59 Å². The van der Waals surface area contributed by atoms with Crippen LogP contribution in [0.15, 0.2) is 12.2 Å². The van der Waals surface area contributed by atoms with Gasteiger partial charge in [0.2, 0.25) is 0 Å². The van der Waals surface area contributed by atoms with E-state index >= 15 is 0 Å². The Labute approximate surface area is 131 Å². The van der Waals surface area contributed by atoms with Crippen molar-refractivity contribution in [1.82, 2.24) is 0 Å². The Hall–Kier alpha value is -2.37. The lowest BCUT2D eigenvalue weighted by molar-refractivity contribution is -0.412. The minimum absolute atomic E-state index is 0.148. The monoisotopic (exact) mass is 340 g/mol. The third kappa shape index (κ3) is 17.6. The highest BCUT2D eigenvalue weighted by molar-refractivity contribution is 5.87. The van der Waals surface area contributed by atoms with E-state index in [1.54, 1.807) is 20.8 Å². The topological polar surface area (TPSA) is 158 Å². The summed E-state index contributed by atoms with van der Waals surface area (Å²) in [6.07, 6.45) is -4.49. The summed E-state index contributed by atoms with van der Waals surface area (Å²) in [6.45, 7) is 9.47. The molecule has 23 heavy (non-hydrogen) atoms. The summed E-state index contributed by atoms with van der Waals surface area (Å²) in [7, 11) is 0. The van der Waals surface area contributed by atoms with Crippen molar-refractivity contribution in [2.75, 3.05) is 6.61 Å². The van der Waals surface area contributed by atoms with E-state index in [-0.39, 0.29) is 5.57 Å². The number of carbonyl (C=O) groups excluding carboxylic acids is 1. The summed E-state index contributed by atoms with van der Waals surface area (Å²) in [5, 5.41) is 22.7. The molecule has 0 saturated heterocycles. The van der Waals surface area contributed by atoms with Gasteiger partial charge in [-0.05, 0) is 27.7 Å². The molecule has 0 fully saturated rings. The minimum Gasteiger partial charge on any atom is -0.450 e. The minimum atomic E-state index is -1.69. The first kappa shape index (κ1) is 22.9. The molecule has 0 aliphatic rings. The second-order valence-corrected chi connectivity index (χ2v) is 4.84. The quantitative estimate of drug-likeness (QED) is 0.162. The third-order valence-electron chi connectivity index (χ3n) is 1.41. The number of ether oxygens (including phenoxy) is 2. The number of carbonyl (C=O) groups is 3. The van der Waals surface area contributed by atoms with Gasteiger partial charge in [-0.2, -0.15) is 10.1 Å². The summed E-state index contributed by atoms with van der Waals surface area (Å²) in [6, 6.07) is 0. The van der Waals surface area contributed by atoms with Crippen LogP contribution in [0.3, 0.4) is 0 Å². The van der Waals surface area contributed by atoms with Gasteiger partial charge in [-0.25, -0.2) is 19.3 Å². The summed E-state index contributed by atoms with van der Waals surface area (Å²) < 4.78 is 9.04. The molecule has 0 aromatic carbocycles. The van der Waals surface area contributed by atoms with Gasteiger partial charge >= 0.3 is 18.3 Å². The van der Waals surface area contributed by atoms with Crippen LogP contribution < -0.4 is 0 Å². The second kappa shape index (κ2) is 11.2. The Morgan fingerprint density at radius 3 is 1.91 bits per heavy atom. The van der Waals surface area contributed by atoms with E-state index in [1.165, 1.54) is 6.92 Å². The van der Waals surface area contributed by atoms with Crippen LogP contribution in [0.25, 0.3) is 0 Å². The van der Waals surface area contributed by atoms with Gasteiger partial charge in [-0.3, -0.25) is 4.89 Å². The van der Waals surface area contributed by atoms with Crippen LogP contribution in [0.1, 0.15) is 27.7 Å². The molecule has 0 saturated carbocycles. The van der Waals surface area contributed by atoms with Crippen molar-refractivity contribution in [2.45, 2.75) is 39.6 Å². The molecule has 0 aromatic heterocycles. The molecule has 0 radical (unpaired) electrons. The molecule has 0 aliphatic heterocycles. The average Bonchev–Trinajstić information content (AvgIpc) is 2.40. The number of hydrogen-bond acceptors (Lipinski definition) is 9. The van der Waals surface area contributed by atoms with Gasteiger partial charge in [0.1, 0.15) is 0 Å². The highest BCUT2D eigenvalue weighted by Crippen LogP contribution is 2.11. The van der Waals surface area contributed by atoms with Crippen LogP contribution in [-0.4, -0.2) is 52.2 Å². The lowest BCUT2D eigenvalue weighted by Gasteiger charge is -2.22. The molecular formula is C12H20O11. The van der Waals surface area contributed by atoms with Crippen molar-refractivity contribution in [1.29, 1.82) is 0 Å². The normalized spacial score (nSPS) is 11.3. The Bertz CT molecular complexity index is 410. The molecule has 11 nitrogen and oxygen atoms in total. The van der Waals surface area contributed by atoms with Gasteiger partial charge in [0.15, 0.2) is 6.61 Å². The zero-order chi connectivity index (χ0) is 18.6. The summed E-state index contributed by atoms with van der Waals surface area (Å²) in [4.78, 5) is 42.8. The molecular weight excluding hydrogens is 320 g/mol. The molecule has 0 aromatic rings. The average molecular weight is 340 g/mol. The van der Waals surface area contributed by atoms with Gasteiger partial charge in [-0.1, -0.05) is 6.58 Å².